The number of carbonyl (C=O) groups is 1. The molecule has 2 aromatic rings. The third kappa shape index (κ3) is 3.63. The Labute approximate surface area is 114 Å². The zero-order valence-electron chi connectivity index (χ0n) is 10.1. The molecule has 0 radical (unpaired) electrons. The fraction of sp³-hybridized carbons (Fsp3) is 0.250. The first-order valence-electron chi connectivity index (χ1n) is 5.71. The van der Waals surface area contributed by atoms with Gasteiger partial charge in [0.1, 0.15) is 0 Å². The molecule has 1 heterocycles. The molecule has 0 bridgehead atoms. The Kier molecular flexibility index (Phi) is 4.26. The highest BCUT2D eigenvalue weighted by Crippen LogP contribution is 2.20. The minimum Gasteiger partial charge on any atom is -0.399 e. The van der Waals surface area contributed by atoms with Gasteiger partial charge in [-0.15, -0.1) is 0 Å². The number of thioether (sulfide) groups is 1. The van der Waals surface area contributed by atoms with Crippen LogP contribution in [0.5, 0.6) is 0 Å². The number of H-pyrrole nitrogens is 1. The SMILES string of the molecule is N#CCCNC(=O)CSc1nc2ccc(N)cc2[nH]1. The van der Waals surface area contributed by atoms with Crippen molar-refractivity contribution in [3.63, 3.8) is 0 Å². The van der Waals surface area contributed by atoms with E-state index in [9.17, 15) is 4.79 Å². The summed E-state index contributed by atoms with van der Waals surface area (Å²) in [7, 11) is 0. The third-order valence-corrected chi connectivity index (χ3v) is 3.26. The summed E-state index contributed by atoms with van der Waals surface area (Å²) in [5, 5.41) is 11.7. The molecule has 6 nitrogen and oxygen atoms in total. The molecule has 7 heteroatoms. The second-order valence-corrected chi connectivity index (χ2v) is 4.83. The van der Waals surface area contributed by atoms with Gasteiger partial charge in [0.25, 0.3) is 0 Å². The van der Waals surface area contributed by atoms with E-state index in [0.29, 0.717) is 23.8 Å². The minimum atomic E-state index is -0.111. The number of imidazole rings is 1. The number of hydrogen-bond donors (Lipinski definition) is 3. The summed E-state index contributed by atoms with van der Waals surface area (Å²) >= 11 is 1.32. The standard InChI is InChI=1S/C12H13N5OS/c13-4-1-5-15-11(18)7-19-12-16-9-3-2-8(14)6-10(9)17-12/h2-3,6H,1,5,7,14H2,(H,15,18)(H,16,17). The van der Waals surface area contributed by atoms with E-state index in [0.717, 1.165) is 11.0 Å². The van der Waals surface area contributed by atoms with E-state index in [1.807, 2.05) is 12.1 Å². The number of nitriles is 1. The number of amides is 1. The largest absolute Gasteiger partial charge is 0.399 e. The van der Waals surface area contributed by atoms with Gasteiger partial charge in [0.05, 0.1) is 29.3 Å². The number of nitrogens with two attached hydrogens (primary N) is 1. The smallest absolute Gasteiger partial charge is 0.230 e. The summed E-state index contributed by atoms with van der Waals surface area (Å²) in [5.74, 6) is 0.154. The summed E-state index contributed by atoms with van der Waals surface area (Å²) in [6.07, 6.45) is 0.320. The monoisotopic (exact) mass is 275 g/mol. The normalized spacial score (nSPS) is 10.3. The average Bonchev–Trinajstić information content (AvgIpc) is 2.78. The molecule has 0 fully saturated rings. The van der Waals surface area contributed by atoms with Crippen LogP contribution in [-0.4, -0.2) is 28.2 Å². The second-order valence-electron chi connectivity index (χ2n) is 3.87. The summed E-state index contributed by atoms with van der Waals surface area (Å²) in [6, 6.07) is 7.39. The fourth-order valence-electron chi connectivity index (χ4n) is 1.51. The van der Waals surface area contributed by atoms with Crippen LogP contribution < -0.4 is 11.1 Å². The highest BCUT2D eigenvalue weighted by molar-refractivity contribution is 7.99. The molecule has 0 spiro atoms. The molecular weight excluding hydrogens is 262 g/mol. The lowest BCUT2D eigenvalue weighted by Crippen LogP contribution is -2.25. The summed E-state index contributed by atoms with van der Waals surface area (Å²) in [5.41, 5.74) is 8.02. The van der Waals surface area contributed by atoms with Crippen LogP contribution in [0.2, 0.25) is 0 Å². The predicted molar refractivity (Wildman–Crippen MR) is 74.5 cm³/mol. The van der Waals surface area contributed by atoms with Gasteiger partial charge in [-0.2, -0.15) is 5.26 Å². The molecule has 0 saturated heterocycles. The van der Waals surface area contributed by atoms with Gasteiger partial charge in [0, 0.05) is 12.2 Å². The lowest BCUT2D eigenvalue weighted by molar-refractivity contribution is -0.118. The number of rotatable bonds is 5. The van der Waals surface area contributed by atoms with Crippen LogP contribution in [0.3, 0.4) is 0 Å². The molecule has 1 aromatic heterocycles. The molecule has 19 heavy (non-hydrogen) atoms. The fourth-order valence-corrected chi connectivity index (χ4v) is 2.23. The van der Waals surface area contributed by atoms with Gasteiger partial charge < -0.3 is 16.0 Å². The lowest BCUT2D eigenvalue weighted by atomic mass is 10.3. The highest BCUT2D eigenvalue weighted by Gasteiger charge is 2.06. The second kappa shape index (κ2) is 6.11. The van der Waals surface area contributed by atoms with Gasteiger partial charge in [-0.05, 0) is 18.2 Å². The maximum Gasteiger partial charge on any atom is 0.230 e. The number of anilines is 1. The maximum absolute atomic E-state index is 11.5. The van der Waals surface area contributed by atoms with Crippen LogP contribution >= 0.6 is 11.8 Å². The first kappa shape index (κ1) is 13.2. The first-order valence-corrected chi connectivity index (χ1v) is 6.69. The molecule has 1 amide bonds. The van der Waals surface area contributed by atoms with E-state index in [4.69, 9.17) is 11.0 Å². The van der Waals surface area contributed by atoms with Crippen molar-refractivity contribution in [2.75, 3.05) is 18.0 Å². The molecule has 98 valence electrons. The van der Waals surface area contributed by atoms with Crippen molar-refractivity contribution >= 4 is 34.4 Å². The molecule has 0 aliphatic carbocycles. The minimum absolute atomic E-state index is 0.111. The van der Waals surface area contributed by atoms with Gasteiger partial charge >= 0.3 is 0 Å². The molecule has 0 saturated carbocycles. The zero-order valence-corrected chi connectivity index (χ0v) is 11.0. The number of nitrogens with zero attached hydrogens (tertiary/aromatic N) is 2. The number of nitrogen functional groups attached to an aromatic ring is 1. The van der Waals surface area contributed by atoms with Crippen molar-refractivity contribution < 1.29 is 4.79 Å². The molecule has 1 aromatic carbocycles. The van der Waals surface area contributed by atoms with Crippen molar-refractivity contribution in [2.24, 2.45) is 0 Å². The number of aromatic nitrogens is 2. The van der Waals surface area contributed by atoms with Crippen molar-refractivity contribution in [2.45, 2.75) is 11.6 Å². The molecule has 4 N–H and O–H groups in total. The quantitative estimate of drug-likeness (QED) is 0.432. The van der Waals surface area contributed by atoms with E-state index < -0.39 is 0 Å². The van der Waals surface area contributed by atoms with E-state index in [1.165, 1.54) is 11.8 Å². The van der Waals surface area contributed by atoms with Crippen LogP contribution in [-0.2, 0) is 4.79 Å². The van der Waals surface area contributed by atoms with Crippen molar-refractivity contribution in [1.82, 2.24) is 15.3 Å². The van der Waals surface area contributed by atoms with Crippen molar-refractivity contribution in [1.29, 1.82) is 5.26 Å². The molecule has 0 aliphatic heterocycles. The van der Waals surface area contributed by atoms with Crippen LogP contribution in [0.15, 0.2) is 23.4 Å². The van der Waals surface area contributed by atoms with Gasteiger partial charge in [0.2, 0.25) is 5.91 Å². The maximum atomic E-state index is 11.5. The lowest BCUT2D eigenvalue weighted by Gasteiger charge is -2.00. The van der Waals surface area contributed by atoms with Crippen LogP contribution in [0.1, 0.15) is 6.42 Å². The molecule has 0 unspecified atom stereocenters. The number of aromatic amines is 1. The Bertz CT molecular complexity index is 631. The molecular formula is C12H13N5OS. The van der Waals surface area contributed by atoms with E-state index in [1.54, 1.807) is 12.1 Å². The van der Waals surface area contributed by atoms with Crippen LogP contribution in [0, 0.1) is 11.3 Å². The first-order chi connectivity index (χ1) is 9.19. The number of nitrogens with one attached hydrogen (secondary N) is 2. The van der Waals surface area contributed by atoms with E-state index >= 15 is 0 Å². The van der Waals surface area contributed by atoms with Crippen LogP contribution in [0.25, 0.3) is 11.0 Å². The molecule has 0 aliphatic rings. The highest BCUT2D eigenvalue weighted by atomic mass is 32.2. The Morgan fingerprint density at radius 1 is 1.58 bits per heavy atom. The van der Waals surface area contributed by atoms with Gasteiger partial charge in [0.15, 0.2) is 5.16 Å². The Hall–Kier alpha value is -2.20. The van der Waals surface area contributed by atoms with Crippen LogP contribution in [0.4, 0.5) is 5.69 Å². The number of fused-ring (bicyclic) bond motifs is 1. The summed E-state index contributed by atoms with van der Waals surface area (Å²) < 4.78 is 0. The molecule has 2 rings (SSSR count). The predicted octanol–water partition coefficient (Wildman–Crippen LogP) is 1.27. The number of hydrogen-bond acceptors (Lipinski definition) is 5. The van der Waals surface area contributed by atoms with Gasteiger partial charge in [-0.25, -0.2) is 4.98 Å². The van der Waals surface area contributed by atoms with Gasteiger partial charge in [-0.1, -0.05) is 11.8 Å². The molecule has 0 atom stereocenters. The Morgan fingerprint density at radius 3 is 3.21 bits per heavy atom. The topological polar surface area (TPSA) is 108 Å². The Morgan fingerprint density at radius 2 is 2.42 bits per heavy atom. The summed E-state index contributed by atoms with van der Waals surface area (Å²) in [4.78, 5) is 18.9. The zero-order chi connectivity index (χ0) is 13.7. The van der Waals surface area contributed by atoms with E-state index in [2.05, 4.69) is 15.3 Å². The third-order valence-electron chi connectivity index (χ3n) is 2.38. The summed E-state index contributed by atoms with van der Waals surface area (Å²) in [6.45, 7) is 0.382. The van der Waals surface area contributed by atoms with E-state index in [-0.39, 0.29) is 11.7 Å². The number of benzene rings is 1. The van der Waals surface area contributed by atoms with Crippen molar-refractivity contribution in [3.8, 4) is 6.07 Å². The average molecular weight is 275 g/mol. The number of carbonyl (C=O) groups excluding carboxylic acids is 1. The van der Waals surface area contributed by atoms with Gasteiger partial charge in [-0.3, -0.25) is 4.79 Å². The van der Waals surface area contributed by atoms with Crippen molar-refractivity contribution in [3.05, 3.63) is 18.2 Å². The Balaban J connectivity index is 1.91.